The maximum absolute atomic E-state index is 12.0. The molecule has 0 aliphatic heterocycles. The third-order valence-corrected chi connectivity index (χ3v) is 3.32. The number of amides is 1. The molecule has 0 saturated heterocycles. The molecule has 1 atom stereocenters. The Labute approximate surface area is 128 Å². The minimum Gasteiger partial charge on any atom is -0.378 e. The lowest BCUT2D eigenvalue weighted by Crippen LogP contribution is -2.31. The lowest BCUT2D eigenvalue weighted by molar-refractivity contribution is -0.122. The fraction of sp³-hybridized carbons (Fsp3) is 0.588. The van der Waals surface area contributed by atoms with Gasteiger partial charge in [-0.3, -0.25) is 4.79 Å². The van der Waals surface area contributed by atoms with Crippen molar-refractivity contribution < 1.29 is 9.53 Å². The Morgan fingerprint density at radius 3 is 2.43 bits per heavy atom. The van der Waals surface area contributed by atoms with Crippen molar-refractivity contribution in [2.24, 2.45) is 11.7 Å². The van der Waals surface area contributed by atoms with Gasteiger partial charge in [-0.25, -0.2) is 0 Å². The summed E-state index contributed by atoms with van der Waals surface area (Å²) in [6.07, 6.45) is 1.07. The minimum atomic E-state index is -0.146. The number of carbonyl (C=O) groups excluding carboxylic acids is 1. The minimum absolute atomic E-state index is 0.0305. The second-order valence-corrected chi connectivity index (χ2v) is 5.75. The number of ether oxygens (including phenoxy) is 1. The van der Waals surface area contributed by atoms with Gasteiger partial charge in [-0.1, -0.05) is 38.1 Å². The van der Waals surface area contributed by atoms with E-state index in [-0.39, 0.29) is 11.8 Å². The molecule has 1 rings (SSSR count). The van der Waals surface area contributed by atoms with E-state index in [2.05, 4.69) is 31.3 Å². The zero-order valence-corrected chi connectivity index (χ0v) is 13.4. The standard InChI is InChI=1S/C17H28N2O2/c1-13(2)12-15-4-6-16(7-5-15)14(3)17(20)19-9-11-21-10-8-18/h4-7,13-14H,8-12,18H2,1-3H3,(H,19,20). The number of carbonyl (C=O) groups is 1. The Balaban J connectivity index is 2.42. The van der Waals surface area contributed by atoms with Crippen LogP contribution in [-0.4, -0.2) is 32.2 Å². The van der Waals surface area contributed by atoms with Crippen molar-refractivity contribution in [3.8, 4) is 0 Å². The van der Waals surface area contributed by atoms with Crippen LogP contribution in [0.3, 0.4) is 0 Å². The van der Waals surface area contributed by atoms with E-state index in [1.54, 1.807) is 0 Å². The topological polar surface area (TPSA) is 64.3 Å². The first-order chi connectivity index (χ1) is 10.0. The highest BCUT2D eigenvalue weighted by Gasteiger charge is 2.14. The van der Waals surface area contributed by atoms with E-state index >= 15 is 0 Å². The molecule has 1 amide bonds. The second-order valence-electron chi connectivity index (χ2n) is 5.75. The van der Waals surface area contributed by atoms with Crippen LogP contribution >= 0.6 is 0 Å². The fourth-order valence-corrected chi connectivity index (χ4v) is 2.15. The molecule has 0 aliphatic carbocycles. The molecular formula is C17H28N2O2. The predicted octanol–water partition coefficient (Wildman–Crippen LogP) is 2.08. The van der Waals surface area contributed by atoms with Crippen LogP contribution in [0.1, 0.15) is 37.8 Å². The summed E-state index contributed by atoms with van der Waals surface area (Å²) >= 11 is 0. The average molecular weight is 292 g/mol. The smallest absolute Gasteiger partial charge is 0.227 e. The molecule has 0 spiro atoms. The van der Waals surface area contributed by atoms with Crippen molar-refractivity contribution in [1.82, 2.24) is 5.32 Å². The van der Waals surface area contributed by atoms with Gasteiger partial charge in [0.2, 0.25) is 5.91 Å². The molecule has 1 aromatic rings. The van der Waals surface area contributed by atoms with Gasteiger partial charge in [-0.2, -0.15) is 0 Å². The molecule has 4 nitrogen and oxygen atoms in total. The van der Waals surface area contributed by atoms with Gasteiger partial charge in [0.25, 0.3) is 0 Å². The summed E-state index contributed by atoms with van der Waals surface area (Å²) in [7, 11) is 0. The highest BCUT2D eigenvalue weighted by atomic mass is 16.5. The molecule has 0 aromatic heterocycles. The number of nitrogens with one attached hydrogen (secondary N) is 1. The first-order valence-corrected chi connectivity index (χ1v) is 7.69. The van der Waals surface area contributed by atoms with E-state index in [4.69, 9.17) is 10.5 Å². The van der Waals surface area contributed by atoms with Gasteiger partial charge in [-0.05, 0) is 30.4 Å². The molecule has 1 aromatic carbocycles. The van der Waals surface area contributed by atoms with E-state index in [0.717, 1.165) is 12.0 Å². The molecule has 0 radical (unpaired) electrons. The lowest BCUT2D eigenvalue weighted by Gasteiger charge is -2.13. The van der Waals surface area contributed by atoms with Crippen molar-refractivity contribution >= 4 is 5.91 Å². The summed E-state index contributed by atoms with van der Waals surface area (Å²) in [5.74, 6) is 0.528. The Morgan fingerprint density at radius 1 is 1.19 bits per heavy atom. The average Bonchev–Trinajstić information content (AvgIpc) is 2.46. The van der Waals surface area contributed by atoms with Crippen molar-refractivity contribution in [2.75, 3.05) is 26.3 Å². The zero-order chi connectivity index (χ0) is 15.7. The van der Waals surface area contributed by atoms with Crippen LogP contribution in [0.25, 0.3) is 0 Å². The van der Waals surface area contributed by atoms with Crippen molar-refractivity contribution in [2.45, 2.75) is 33.1 Å². The molecule has 21 heavy (non-hydrogen) atoms. The van der Waals surface area contributed by atoms with E-state index in [1.165, 1.54) is 5.56 Å². The molecule has 0 aliphatic rings. The van der Waals surface area contributed by atoms with Crippen LogP contribution in [0.2, 0.25) is 0 Å². The molecule has 118 valence electrons. The Bertz CT molecular complexity index is 415. The summed E-state index contributed by atoms with van der Waals surface area (Å²) < 4.78 is 5.23. The zero-order valence-electron chi connectivity index (χ0n) is 13.4. The highest BCUT2D eigenvalue weighted by molar-refractivity contribution is 5.83. The quantitative estimate of drug-likeness (QED) is 0.685. The summed E-state index contributed by atoms with van der Waals surface area (Å²) in [6.45, 7) is 8.40. The van der Waals surface area contributed by atoms with Gasteiger partial charge >= 0.3 is 0 Å². The lowest BCUT2D eigenvalue weighted by atomic mass is 9.96. The van der Waals surface area contributed by atoms with Crippen LogP contribution < -0.4 is 11.1 Å². The van der Waals surface area contributed by atoms with E-state index in [0.29, 0.717) is 32.2 Å². The first-order valence-electron chi connectivity index (χ1n) is 7.69. The third kappa shape index (κ3) is 6.74. The number of benzene rings is 1. The summed E-state index contributed by atoms with van der Waals surface area (Å²) in [4.78, 5) is 12.0. The van der Waals surface area contributed by atoms with Gasteiger partial charge < -0.3 is 15.8 Å². The largest absolute Gasteiger partial charge is 0.378 e. The monoisotopic (exact) mass is 292 g/mol. The maximum Gasteiger partial charge on any atom is 0.227 e. The highest BCUT2D eigenvalue weighted by Crippen LogP contribution is 2.17. The Hall–Kier alpha value is -1.39. The summed E-state index contributed by atoms with van der Waals surface area (Å²) in [6, 6.07) is 8.33. The van der Waals surface area contributed by atoms with Gasteiger partial charge in [0, 0.05) is 13.1 Å². The first kappa shape index (κ1) is 17.7. The molecule has 4 heteroatoms. The normalized spacial score (nSPS) is 12.4. The maximum atomic E-state index is 12.0. The van der Waals surface area contributed by atoms with Gasteiger partial charge in [0.15, 0.2) is 0 Å². The van der Waals surface area contributed by atoms with Crippen LogP contribution in [-0.2, 0) is 16.0 Å². The fourth-order valence-electron chi connectivity index (χ4n) is 2.15. The predicted molar refractivity (Wildman–Crippen MR) is 86.3 cm³/mol. The number of hydrogen-bond donors (Lipinski definition) is 2. The van der Waals surface area contributed by atoms with E-state index in [9.17, 15) is 4.79 Å². The van der Waals surface area contributed by atoms with Crippen LogP contribution in [0.4, 0.5) is 0 Å². The summed E-state index contributed by atoms with van der Waals surface area (Å²) in [5.41, 5.74) is 7.69. The van der Waals surface area contributed by atoms with Crippen LogP contribution in [0, 0.1) is 5.92 Å². The van der Waals surface area contributed by atoms with Crippen LogP contribution in [0.5, 0.6) is 0 Å². The van der Waals surface area contributed by atoms with Crippen LogP contribution in [0.15, 0.2) is 24.3 Å². The number of nitrogens with two attached hydrogens (primary N) is 1. The third-order valence-electron chi connectivity index (χ3n) is 3.32. The molecule has 1 unspecified atom stereocenters. The summed E-state index contributed by atoms with van der Waals surface area (Å²) in [5, 5.41) is 2.88. The molecule has 0 bridgehead atoms. The second kappa shape index (κ2) is 9.53. The van der Waals surface area contributed by atoms with Gasteiger partial charge in [-0.15, -0.1) is 0 Å². The SMILES string of the molecule is CC(C)Cc1ccc(C(C)C(=O)NCCOCCN)cc1. The van der Waals surface area contributed by atoms with Crippen molar-refractivity contribution in [3.63, 3.8) is 0 Å². The molecule has 0 heterocycles. The van der Waals surface area contributed by atoms with E-state index in [1.807, 2.05) is 19.1 Å². The Kier molecular flexibility index (Phi) is 8.01. The molecule has 0 saturated carbocycles. The van der Waals surface area contributed by atoms with Crippen molar-refractivity contribution in [1.29, 1.82) is 0 Å². The molecule has 0 fully saturated rings. The van der Waals surface area contributed by atoms with Gasteiger partial charge in [0.1, 0.15) is 0 Å². The molecular weight excluding hydrogens is 264 g/mol. The number of rotatable bonds is 9. The van der Waals surface area contributed by atoms with Crippen molar-refractivity contribution in [3.05, 3.63) is 35.4 Å². The Morgan fingerprint density at radius 2 is 1.86 bits per heavy atom. The molecule has 3 N–H and O–H groups in total. The van der Waals surface area contributed by atoms with Gasteiger partial charge in [0.05, 0.1) is 19.1 Å². The number of hydrogen-bond acceptors (Lipinski definition) is 3. The van der Waals surface area contributed by atoms with E-state index < -0.39 is 0 Å².